The number of hydrogen-bond donors (Lipinski definition) is 2. The fourth-order valence-electron chi connectivity index (χ4n) is 3.00. The Labute approximate surface area is 164 Å². The van der Waals surface area contributed by atoms with Gasteiger partial charge < -0.3 is 19.9 Å². The Hall–Kier alpha value is -3.28. The number of nitrogens with one attached hydrogen (secondary N) is 2. The Balaban J connectivity index is 1.77. The number of carbonyl (C=O) groups excluding carboxylic acids is 2. The second kappa shape index (κ2) is 8.61. The molecule has 1 atom stereocenters. The van der Waals surface area contributed by atoms with E-state index in [9.17, 15) is 9.59 Å². The molecule has 0 spiro atoms. The van der Waals surface area contributed by atoms with Gasteiger partial charge in [-0.2, -0.15) is 0 Å². The molecule has 0 aliphatic heterocycles. The smallest absolute Gasteiger partial charge is 0.259 e. The van der Waals surface area contributed by atoms with Crippen LogP contribution in [0.4, 0.5) is 0 Å². The van der Waals surface area contributed by atoms with Crippen molar-refractivity contribution in [2.45, 2.75) is 19.4 Å². The highest BCUT2D eigenvalue weighted by Crippen LogP contribution is 2.28. The van der Waals surface area contributed by atoms with Crippen molar-refractivity contribution in [3.05, 3.63) is 65.9 Å². The number of fused-ring (bicyclic) bond motifs is 1. The predicted molar refractivity (Wildman–Crippen MR) is 109 cm³/mol. The molecule has 6 heteroatoms. The number of rotatable bonds is 7. The van der Waals surface area contributed by atoms with Gasteiger partial charge in [0.15, 0.2) is 6.61 Å². The zero-order valence-electron chi connectivity index (χ0n) is 16.4. The van der Waals surface area contributed by atoms with Crippen LogP contribution in [0.15, 0.2) is 54.7 Å². The molecule has 1 heterocycles. The van der Waals surface area contributed by atoms with Gasteiger partial charge in [-0.25, -0.2) is 0 Å². The number of benzene rings is 2. The first-order valence-corrected chi connectivity index (χ1v) is 9.29. The van der Waals surface area contributed by atoms with Crippen molar-refractivity contribution in [3.8, 4) is 5.75 Å². The van der Waals surface area contributed by atoms with Crippen LogP contribution in [-0.4, -0.2) is 42.4 Å². The van der Waals surface area contributed by atoms with E-state index in [-0.39, 0.29) is 24.5 Å². The molecule has 3 aromatic rings. The zero-order chi connectivity index (χ0) is 20.1. The van der Waals surface area contributed by atoms with E-state index in [2.05, 4.69) is 10.3 Å². The third kappa shape index (κ3) is 4.34. The van der Waals surface area contributed by atoms with Crippen LogP contribution in [0.1, 0.15) is 35.3 Å². The highest BCUT2D eigenvalue weighted by Gasteiger charge is 2.19. The van der Waals surface area contributed by atoms with Crippen molar-refractivity contribution in [2.24, 2.45) is 0 Å². The topological polar surface area (TPSA) is 74.4 Å². The number of aromatic nitrogens is 1. The van der Waals surface area contributed by atoms with Crippen molar-refractivity contribution in [3.63, 3.8) is 0 Å². The lowest BCUT2D eigenvalue weighted by Crippen LogP contribution is -2.30. The normalized spacial score (nSPS) is 11.8. The largest absolute Gasteiger partial charge is 0.483 e. The number of hydrogen-bond acceptors (Lipinski definition) is 3. The van der Waals surface area contributed by atoms with Gasteiger partial charge in [-0.15, -0.1) is 0 Å². The molecule has 2 aromatic carbocycles. The van der Waals surface area contributed by atoms with E-state index < -0.39 is 0 Å². The van der Waals surface area contributed by atoms with Gasteiger partial charge in [0.1, 0.15) is 5.75 Å². The monoisotopic (exact) mass is 379 g/mol. The summed E-state index contributed by atoms with van der Waals surface area (Å²) in [4.78, 5) is 29.2. The molecule has 0 fully saturated rings. The maximum Gasteiger partial charge on any atom is 0.259 e. The molecule has 0 saturated heterocycles. The van der Waals surface area contributed by atoms with Crippen LogP contribution in [0.2, 0.25) is 0 Å². The van der Waals surface area contributed by atoms with E-state index in [0.717, 1.165) is 16.5 Å². The molecule has 28 heavy (non-hydrogen) atoms. The van der Waals surface area contributed by atoms with Crippen molar-refractivity contribution in [1.29, 1.82) is 0 Å². The van der Waals surface area contributed by atoms with Crippen LogP contribution in [0.25, 0.3) is 10.9 Å². The first kappa shape index (κ1) is 19.5. The van der Waals surface area contributed by atoms with E-state index >= 15 is 0 Å². The van der Waals surface area contributed by atoms with Gasteiger partial charge in [0.2, 0.25) is 0 Å². The van der Waals surface area contributed by atoms with Gasteiger partial charge >= 0.3 is 0 Å². The summed E-state index contributed by atoms with van der Waals surface area (Å²) in [7, 11) is 3.38. The van der Waals surface area contributed by atoms with Gasteiger partial charge in [-0.1, -0.05) is 31.2 Å². The quantitative estimate of drug-likeness (QED) is 0.660. The van der Waals surface area contributed by atoms with E-state index in [1.807, 2.05) is 61.7 Å². The fourth-order valence-corrected chi connectivity index (χ4v) is 3.00. The number of ether oxygens (including phenoxy) is 1. The third-order valence-electron chi connectivity index (χ3n) is 4.68. The van der Waals surface area contributed by atoms with Crippen LogP contribution < -0.4 is 10.1 Å². The molecule has 2 N–H and O–H groups in total. The number of H-pyrrole nitrogens is 1. The van der Waals surface area contributed by atoms with Crippen molar-refractivity contribution < 1.29 is 14.3 Å². The molecule has 1 aromatic heterocycles. The molecule has 0 aliphatic carbocycles. The van der Waals surface area contributed by atoms with E-state index in [4.69, 9.17) is 4.74 Å². The van der Waals surface area contributed by atoms with E-state index in [0.29, 0.717) is 17.7 Å². The van der Waals surface area contributed by atoms with Crippen molar-refractivity contribution in [1.82, 2.24) is 15.2 Å². The highest BCUT2D eigenvalue weighted by molar-refractivity contribution is 5.98. The minimum absolute atomic E-state index is 0.0438. The molecular formula is C22H25N3O3. The molecule has 2 amide bonds. The van der Waals surface area contributed by atoms with Crippen LogP contribution in [0.3, 0.4) is 0 Å². The summed E-state index contributed by atoms with van der Waals surface area (Å²) in [5.74, 6) is 0.332. The van der Waals surface area contributed by atoms with Crippen LogP contribution in [-0.2, 0) is 4.79 Å². The van der Waals surface area contributed by atoms with Crippen LogP contribution in [0, 0.1) is 0 Å². The summed E-state index contributed by atoms with van der Waals surface area (Å²) < 4.78 is 5.73. The molecule has 0 radical (unpaired) electrons. The number of likely N-dealkylation sites (N-methyl/N-ethyl adjacent to an activating group) is 1. The Kier molecular flexibility index (Phi) is 5.99. The van der Waals surface area contributed by atoms with Gasteiger partial charge in [0.25, 0.3) is 11.8 Å². The molecule has 0 unspecified atom stereocenters. The zero-order valence-corrected chi connectivity index (χ0v) is 16.4. The Morgan fingerprint density at radius 3 is 2.68 bits per heavy atom. The first-order chi connectivity index (χ1) is 13.5. The van der Waals surface area contributed by atoms with E-state index in [1.54, 1.807) is 14.1 Å². The average Bonchev–Trinajstić information content (AvgIpc) is 3.18. The molecule has 0 bridgehead atoms. The maximum atomic E-state index is 12.8. The molecule has 3 rings (SSSR count). The number of amides is 2. The molecule has 0 saturated carbocycles. The highest BCUT2D eigenvalue weighted by atomic mass is 16.5. The maximum absolute atomic E-state index is 12.8. The van der Waals surface area contributed by atoms with Crippen molar-refractivity contribution in [2.75, 3.05) is 20.7 Å². The standard InChI is InChI=1S/C22H25N3O3/c1-4-18(17-7-5-6-8-20(17)28-14-21(26)25(2)3)24-22(27)16-10-9-15-11-12-23-19(15)13-16/h5-13,18,23H,4,14H2,1-3H3,(H,24,27)/t18-/m0/s1. The Morgan fingerprint density at radius 2 is 1.93 bits per heavy atom. The lowest BCUT2D eigenvalue weighted by Gasteiger charge is -2.21. The van der Waals surface area contributed by atoms with Crippen LogP contribution in [0.5, 0.6) is 5.75 Å². The molecule has 6 nitrogen and oxygen atoms in total. The summed E-state index contributed by atoms with van der Waals surface area (Å²) in [6.45, 7) is 1.96. The first-order valence-electron chi connectivity index (χ1n) is 9.29. The lowest BCUT2D eigenvalue weighted by atomic mass is 10.0. The summed E-state index contributed by atoms with van der Waals surface area (Å²) in [5, 5.41) is 4.14. The van der Waals surface area contributed by atoms with E-state index in [1.165, 1.54) is 4.90 Å². The lowest BCUT2D eigenvalue weighted by molar-refractivity contribution is -0.130. The fraction of sp³-hybridized carbons (Fsp3) is 0.273. The molecule has 146 valence electrons. The number of aromatic amines is 1. The minimum Gasteiger partial charge on any atom is -0.483 e. The third-order valence-corrected chi connectivity index (χ3v) is 4.68. The SMILES string of the molecule is CC[C@H](NC(=O)c1ccc2cc[nH]c2c1)c1ccccc1OCC(=O)N(C)C. The second-order valence-electron chi connectivity index (χ2n) is 6.83. The summed E-state index contributed by atoms with van der Waals surface area (Å²) in [6.07, 6.45) is 2.54. The average molecular weight is 379 g/mol. The van der Waals surface area contributed by atoms with Gasteiger partial charge in [-0.3, -0.25) is 9.59 Å². The Morgan fingerprint density at radius 1 is 1.14 bits per heavy atom. The molecule has 0 aliphatic rings. The summed E-state index contributed by atoms with van der Waals surface area (Å²) >= 11 is 0. The van der Waals surface area contributed by atoms with Gasteiger partial charge in [0.05, 0.1) is 6.04 Å². The predicted octanol–water partition coefficient (Wildman–Crippen LogP) is 3.52. The number of carbonyl (C=O) groups is 2. The van der Waals surface area contributed by atoms with Crippen LogP contribution >= 0.6 is 0 Å². The van der Waals surface area contributed by atoms with Crippen molar-refractivity contribution >= 4 is 22.7 Å². The van der Waals surface area contributed by atoms with Gasteiger partial charge in [0, 0.05) is 36.9 Å². The minimum atomic E-state index is -0.225. The number of nitrogens with zero attached hydrogens (tertiary/aromatic N) is 1. The molecular weight excluding hydrogens is 354 g/mol. The summed E-state index contributed by atoms with van der Waals surface area (Å²) in [5.41, 5.74) is 2.37. The second-order valence-corrected chi connectivity index (χ2v) is 6.83. The number of para-hydroxylation sites is 1. The van der Waals surface area contributed by atoms with Gasteiger partial charge in [-0.05, 0) is 36.1 Å². The Bertz CT molecular complexity index is 978. The summed E-state index contributed by atoms with van der Waals surface area (Å²) in [6, 6.07) is 14.8.